The van der Waals surface area contributed by atoms with Crippen molar-refractivity contribution in [3.63, 3.8) is 0 Å². The number of hydrogen-bond donors (Lipinski definition) is 3. The third-order valence-corrected chi connectivity index (χ3v) is 2.46. The molecule has 2 rings (SSSR count). The Morgan fingerprint density at radius 2 is 2.40 bits per heavy atom. The summed E-state index contributed by atoms with van der Waals surface area (Å²) < 4.78 is 0. The molecule has 0 atom stereocenters. The van der Waals surface area contributed by atoms with Crippen LogP contribution in [-0.2, 0) is 11.3 Å². The van der Waals surface area contributed by atoms with Crippen molar-refractivity contribution in [2.45, 2.75) is 31.8 Å². The number of aromatic amines is 1. The lowest BCUT2D eigenvalue weighted by molar-refractivity contribution is -0.121. The number of amides is 1. The van der Waals surface area contributed by atoms with E-state index in [0.717, 1.165) is 25.9 Å². The predicted molar refractivity (Wildman–Crippen MR) is 58.3 cm³/mol. The lowest BCUT2D eigenvalue weighted by Crippen LogP contribution is -2.28. The van der Waals surface area contributed by atoms with E-state index in [4.69, 9.17) is 0 Å². The lowest BCUT2D eigenvalue weighted by Gasteiger charge is -2.04. The highest BCUT2D eigenvalue weighted by Gasteiger charge is 2.22. The van der Waals surface area contributed by atoms with E-state index in [2.05, 4.69) is 15.6 Å². The van der Waals surface area contributed by atoms with Gasteiger partial charge in [0.25, 0.3) is 0 Å². The van der Waals surface area contributed by atoms with E-state index in [1.165, 1.54) is 5.56 Å². The van der Waals surface area contributed by atoms with Gasteiger partial charge in [0.15, 0.2) is 0 Å². The third kappa shape index (κ3) is 3.75. The molecule has 82 valence electrons. The van der Waals surface area contributed by atoms with Crippen LogP contribution in [0.3, 0.4) is 0 Å². The minimum Gasteiger partial charge on any atom is -0.367 e. The van der Waals surface area contributed by atoms with Crippen LogP contribution in [0.5, 0.6) is 0 Å². The predicted octanol–water partition coefficient (Wildman–Crippen LogP) is 0.773. The second-order valence-electron chi connectivity index (χ2n) is 3.99. The minimum atomic E-state index is 0.166. The Balaban J connectivity index is 1.52. The maximum Gasteiger partial charge on any atom is 0.221 e. The number of carbonyl (C=O) groups excluding carboxylic acids is 1. The molecule has 15 heavy (non-hydrogen) atoms. The molecule has 0 aromatic carbocycles. The molecule has 0 radical (unpaired) electrons. The number of aromatic nitrogens is 1. The monoisotopic (exact) mass is 207 g/mol. The van der Waals surface area contributed by atoms with Gasteiger partial charge in [0.2, 0.25) is 5.91 Å². The normalized spacial score (nSPS) is 15.2. The molecule has 0 bridgehead atoms. The second kappa shape index (κ2) is 4.98. The highest BCUT2D eigenvalue weighted by molar-refractivity contribution is 5.76. The second-order valence-corrected chi connectivity index (χ2v) is 3.99. The summed E-state index contributed by atoms with van der Waals surface area (Å²) in [6.45, 7) is 1.56. The number of nitrogens with one attached hydrogen (secondary N) is 3. The van der Waals surface area contributed by atoms with E-state index in [9.17, 15) is 4.79 Å². The van der Waals surface area contributed by atoms with Crippen LogP contribution in [0.4, 0.5) is 0 Å². The highest BCUT2D eigenvalue weighted by atomic mass is 16.1. The average molecular weight is 207 g/mol. The van der Waals surface area contributed by atoms with Gasteiger partial charge in [-0.25, -0.2) is 0 Å². The quantitative estimate of drug-likeness (QED) is 0.604. The largest absolute Gasteiger partial charge is 0.367 e. The van der Waals surface area contributed by atoms with Gasteiger partial charge < -0.3 is 15.6 Å². The summed E-state index contributed by atoms with van der Waals surface area (Å²) >= 11 is 0. The van der Waals surface area contributed by atoms with Crippen LogP contribution in [0.15, 0.2) is 18.5 Å². The molecule has 4 heteroatoms. The first-order chi connectivity index (χ1) is 7.34. The van der Waals surface area contributed by atoms with Crippen molar-refractivity contribution in [2.24, 2.45) is 0 Å². The molecule has 1 aliphatic carbocycles. The Morgan fingerprint density at radius 3 is 3.07 bits per heavy atom. The summed E-state index contributed by atoms with van der Waals surface area (Å²) in [5, 5.41) is 6.19. The van der Waals surface area contributed by atoms with Crippen LogP contribution in [0, 0.1) is 0 Å². The SMILES string of the molecule is O=C(CCNCc1cc[nH]c1)NC1CC1. The average Bonchev–Trinajstić information content (AvgIpc) is 2.87. The number of rotatable bonds is 6. The first-order valence-electron chi connectivity index (χ1n) is 5.46. The number of H-pyrrole nitrogens is 1. The van der Waals surface area contributed by atoms with Crippen molar-refractivity contribution in [2.75, 3.05) is 6.54 Å². The smallest absolute Gasteiger partial charge is 0.221 e. The maximum atomic E-state index is 11.3. The molecule has 0 unspecified atom stereocenters. The van der Waals surface area contributed by atoms with Gasteiger partial charge in [-0.2, -0.15) is 0 Å². The van der Waals surface area contributed by atoms with Gasteiger partial charge in [0.1, 0.15) is 0 Å². The third-order valence-electron chi connectivity index (χ3n) is 2.46. The Morgan fingerprint density at radius 1 is 1.53 bits per heavy atom. The fourth-order valence-electron chi connectivity index (χ4n) is 1.43. The van der Waals surface area contributed by atoms with E-state index in [1.807, 2.05) is 18.5 Å². The zero-order chi connectivity index (χ0) is 10.5. The number of carbonyl (C=O) groups is 1. The molecule has 4 nitrogen and oxygen atoms in total. The van der Waals surface area contributed by atoms with Crippen molar-refractivity contribution in [1.29, 1.82) is 0 Å². The molecule has 1 saturated carbocycles. The first-order valence-corrected chi connectivity index (χ1v) is 5.46. The van der Waals surface area contributed by atoms with Gasteiger partial charge in [-0.1, -0.05) is 0 Å². The Bertz CT molecular complexity index is 304. The Labute approximate surface area is 89.5 Å². The summed E-state index contributed by atoms with van der Waals surface area (Å²) in [4.78, 5) is 14.3. The zero-order valence-corrected chi connectivity index (χ0v) is 8.75. The lowest BCUT2D eigenvalue weighted by atomic mass is 10.3. The van der Waals surface area contributed by atoms with Gasteiger partial charge in [0, 0.05) is 37.9 Å². The first kappa shape index (κ1) is 10.2. The fraction of sp³-hybridized carbons (Fsp3) is 0.545. The van der Waals surface area contributed by atoms with Gasteiger partial charge in [0.05, 0.1) is 0 Å². The molecule has 1 aliphatic rings. The zero-order valence-electron chi connectivity index (χ0n) is 8.75. The van der Waals surface area contributed by atoms with Crippen LogP contribution < -0.4 is 10.6 Å². The van der Waals surface area contributed by atoms with Crippen LogP contribution in [0.1, 0.15) is 24.8 Å². The molecule has 1 aromatic rings. The topological polar surface area (TPSA) is 56.9 Å². The molecule has 0 spiro atoms. The van der Waals surface area contributed by atoms with E-state index >= 15 is 0 Å². The van der Waals surface area contributed by atoms with Crippen molar-refractivity contribution in [3.8, 4) is 0 Å². The van der Waals surface area contributed by atoms with Crippen molar-refractivity contribution < 1.29 is 4.79 Å². The summed E-state index contributed by atoms with van der Waals surface area (Å²) in [6, 6.07) is 2.50. The van der Waals surface area contributed by atoms with Crippen LogP contribution >= 0.6 is 0 Å². The molecular weight excluding hydrogens is 190 g/mol. The summed E-state index contributed by atoms with van der Waals surface area (Å²) in [7, 11) is 0. The van der Waals surface area contributed by atoms with Gasteiger partial charge in [-0.05, 0) is 24.5 Å². The van der Waals surface area contributed by atoms with Crippen LogP contribution in [0.2, 0.25) is 0 Å². The molecular formula is C11H17N3O. The van der Waals surface area contributed by atoms with Crippen LogP contribution in [0.25, 0.3) is 0 Å². The molecule has 0 saturated heterocycles. The molecule has 1 heterocycles. The van der Waals surface area contributed by atoms with Crippen molar-refractivity contribution in [1.82, 2.24) is 15.6 Å². The molecule has 1 aromatic heterocycles. The highest BCUT2D eigenvalue weighted by Crippen LogP contribution is 2.18. The maximum absolute atomic E-state index is 11.3. The molecule has 1 amide bonds. The van der Waals surface area contributed by atoms with E-state index in [0.29, 0.717) is 12.5 Å². The summed E-state index contributed by atoms with van der Waals surface area (Å²) in [5.41, 5.74) is 1.22. The van der Waals surface area contributed by atoms with Crippen molar-refractivity contribution in [3.05, 3.63) is 24.0 Å². The number of hydrogen-bond acceptors (Lipinski definition) is 2. The standard InChI is InChI=1S/C11H17N3O/c15-11(14-10-1-2-10)4-6-13-8-9-3-5-12-7-9/h3,5,7,10,12-13H,1-2,4,6,8H2,(H,14,15). The molecule has 3 N–H and O–H groups in total. The van der Waals surface area contributed by atoms with Gasteiger partial charge in [-0.3, -0.25) is 4.79 Å². The summed E-state index contributed by atoms with van der Waals surface area (Å²) in [6.07, 6.45) is 6.74. The van der Waals surface area contributed by atoms with E-state index < -0.39 is 0 Å². The molecule has 1 fully saturated rings. The Hall–Kier alpha value is -1.29. The Kier molecular flexibility index (Phi) is 3.40. The van der Waals surface area contributed by atoms with Crippen LogP contribution in [-0.4, -0.2) is 23.5 Å². The fourth-order valence-corrected chi connectivity index (χ4v) is 1.43. The molecule has 0 aliphatic heterocycles. The van der Waals surface area contributed by atoms with E-state index in [1.54, 1.807) is 0 Å². The van der Waals surface area contributed by atoms with Gasteiger partial charge >= 0.3 is 0 Å². The van der Waals surface area contributed by atoms with Crippen molar-refractivity contribution >= 4 is 5.91 Å². The van der Waals surface area contributed by atoms with E-state index in [-0.39, 0.29) is 5.91 Å². The summed E-state index contributed by atoms with van der Waals surface area (Å²) in [5.74, 6) is 0.166. The van der Waals surface area contributed by atoms with Gasteiger partial charge in [-0.15, -0.1) is 0 Å². The minimum absolute atomic E-state index is 0.166.